The van der Waals surface area contributed by atoms with Crippen molar-refractivity contribution in [3.8, 4) is 17.0 Å². The summed E-state index contributed by atoms with van der Waals surface area (Å²) in [5.74, 6) is 0.281. The van der Waals surface area contributed by atoms with Gasteiger partial charge in [0.05, 0.1) is 18.8 Å². The number of nitrogens with zero attached hydrogens (tertiary/aromatic N) is 1. The summed E-state index contributed by atoms with van der Waals surface area (Å²) in [5.41, 5.74) is 6.09. The van der Waals surface area contributed by atoms with Crippen LogP contribution in [0.1, 0.15) is 27.5 Å². The normalized spacial score (nSPS) is 14.6. The van der Waals surface area contributed by atoms with Gasteiger partial charge in [-0.3, -0.25) is 9.59 Å². The Balaban J connectivity index is 1.44. The first-order chi connectivity index (χ1) is 18.1. The van der Waals surface area contributed by atoms with Crippen LogP contribution in [0.15, 0.2) is 103 Å². The summed E-state index contributed by atoms with van der Waals surface area (Å²) >= 11 is 0. The van der Waals surface area contributed by atoms with E-state index in [1.54, 1.807) is 36.3 Å². The highest BCUT2D eigenvalue weighted by Crippen LogP contribution is 2.45. The van der Waals surface area contributed by atoms with Crippen LogP contribution >= 0.6 is 0 Å². The Hall–Kier alpha value is -4.84. The molecule has 5 aromatic rings. The fourth-order valence-electron chi connectivity index (χ4n) is 5.15. The number of carbonyl (C=O) groups is 2. The number of carbonyl (C=O) groups excluding carboxylic acids is 2. The van der Waals surface area contributed by atoms with E-state index in [2.05, 4.69) is 28.5 Å². The molecular weight excluding hydrogens is 462 g/mol. The van der Waals surface area contributed by atoms with E-state index >= 15 is 0 Å². The van der Waals surface area contributed by atoms with Gasteiger partial charge in [-0.1, -0.05) is 66.7 Å². The Kier molecular flexibility index (Phi) is 5.69. The highest BCUT2D eigenvalue weighted by Gasteiger charge is 2.41. The second-order valence-corrected chi connectivity index (χ2v) is 9.02. The third-order valence-corrected chi connectivity index (χ3v) is 6.83. The fourth-order valence-corrected chi connectivity index (χ4v) is 5.15. The summed E-state index contributed by atoms with van der Waals surface area (Å²) in [7, 11) is 1.60. The molecule has 0 fully saturated rings. The Morgan fingerprint density at radius 1 is 0.892 bits per heavy atom. The lowest BCUT2D eigenvalue weighted by Gasteiger charge is -2.26. The molecule has 1 aliphatic rings. The summed E-state index contributed by atoms with van der Waals surface area (Å²) in [6.07, 6.45) is 0. The smallest absolute Gasteiger partial charge is 0.255 e. The zero-order valence-electron chi connectivity index (χ0n) is 20.3. The van der Waals surface area contributed by atoms with Crippen LogP contribution in [0.25, 0.3) is 22.2 Å². The van der Waals surface area contributed by atoms with Crippen molar-refractivity contribution < 1.29 is 14.3 Å². The van der Waals surface area contributed by atoms with Gasteiger partial charge in [-0.25, -0.2) is 0 Å². The first kappa shape index (κ1) is 22.6. The van der Waals surface area contributed by atoms with E-state index in [1.165, 1.54) is 0 Å². The number of ether oxygens (including phenoxy) is 1. The number of fused-ring (bicyclic) bond motifs is 2. The van der Waals surface area contributed by atoms with Crippen LogP contribution in [0.2, 0.25) is 0 Å². The molecule has 4 aromatic carbocycles. The number of methoxy groups -OCH3 is 1. The van der Waals surface area contributed by atoms with Crippen LogP contribution in [0.5, 0.6) is 5.75 Å². The van der Waals surface area contributed by atoms with Crippen LogP contribution in [-0.2, 0) is 4.79 Å². The summed E-state index contributed by atoms with van der Waals surface area (Å²) in [6, 6.07) is 32.5. The largest absolute Gasteiger partial charge is 0.497 e. The summed E-state index contributed by atoms with van der Waals surface area (Å²) in [5, 5.41) is 3.95. The highest BCUT2D eigenvalue weighted by molar-refractivity contribution is 6.05. The molecule has 6 nitrogen and oxygen atoms in total. The molecular formula is C31H25N3O3. The van der Waals surface area contributed by atoms with Crippen LogP contribution in [0, 0.1) is 0 Å². The van der Waals surface area contributed by atoms with E-state index in [1.807, 2.05) is 60.7 Å². The molecule has 37 heavy (non-hydrogen) atoms. The minimum absolute atomic E-state index is 0.0854. The Morgan fingerprint density at radius 3 is 2.38 bits per heavy atom. The quantitative estimate of drug-likeness (QED) is 0.307. The maximum atomic E-state index is 13.7. The molecule has 6 rings (SSSR count). The first-order valence-corrected chi connectivity index (χ1v) is 12.1. The van der Waals surface area contributed by atoms with Crippen molar-refractivity contribution in [3.63, 3.8) is 0 Å². The van der Waals surface area contributed by atoms with Gasteiger partial charge in [-0.05, 0) is 47.5 Å². The van der Waals surface area contributed by atoms with E-state index in [-0.39, 0.29) is 18.4 Å². The number of para-hydroxylation sites is 1. The van der Waals surface area contributed by atoms with Gasteiger partial charge in [0.25, 0.3) is 5.91 Å². The predicted octanol–water partition coefficient (Wildman–Crippen LogP) is 6.03. The molecule has 0 aliphatic carbocycles. The SMILES string of the molecule is COc1ccc(NC(=O)CN2C(=O)c3ccccc3[C@H]2c2c(-c3ccccc3)[nH]c3ccccc23)cc1. The van der Waals surface area contributed by atoms with Crippen molar-refractivity contribution in [2.45, 2.75) is 6.04 Å². The van der Waals surface area contributed by atoms with E-state index in [9.17, 15) is 9.59 Å². The van der Waals surface area contributed by atoms with Crippen LogP contribution in [-0.4, -0.2) is 35.4 Å². The van der Waals surface area contributed by atoms with Crippen LogP contribution < -0.4 is 10.1 Å². The van der Waals surface area contributed by atoms with Gasteiger partial charge in [-0.2, -0.15) is 0 Å². The zero-order chi connectivity index (χ0) is 25.4. The van der Waals surface area contributed by atoms with E-state index in [0.717, 1.165) is 33.3 Å². The summed E-state index contributed by atoms with van der Waals surface area (Å²) in [4.78, 5) is 32.1. The Bertz CT molecular complexity index is 1610. The maximum Gasteiger partial charge on any atom is 0.255 e. The van der Waals surface area contributed by atoms with Crippen molar-refractivity contribution in [1.82, 2.24) is 9.88 Å². The lowest BCUT2D eigenvalue weighted by atomic mass is 9.93. The molecule has 182 valence electrons. The number of benzene rings is 4. The fraction of sp³-hybridized carbons (Fsp3) is 0.0968. The van der Waals surface area contributed by atoms with Crippen molar-refractivity contribution in [1.29, 1.82) is 0 Å². The van der Waals surface area contributed by atoms with Gasteiger partial charge in [0.15, 0.2) is 0 Å². The molecule has 2 heterocycles. The summed E-state index contributed by atoms with van der Waals surface area (Å²) < 4.78 is 5.20. The van der Waals surface area contributed by atoms with Gasteiger partial charge in [0.1, 0.15) is 12.3 Å². The van der Waals surface area contributed by atoms with E-state index in [0.29, 0.717) is 17.0 Å². The molecule has 0 bridgehead atoms. The Labute approximate surface area is 214 Å². The van der Waals surface area contributed by atoms with Gasteiger partial charge < -0.3 is 19.9 Å². The van der Waals surface area contributed by atoms with Gasteiger partial charge in [0.2, 0.25) is 5.91 Å². The third-order valence-electron chi connectivity index (χ3n) is 6.83. The number of H-pyrrole nitrogens is 1. The summed E-state index contributed by atoms with van der Waals surface area (Å²) in [6.45, 7) is -0.0854. The number of hydrogen-bond donors (Lipinski definition) is 2. The molecule has 0 radical (unpaired) electrons. The topological polar surface area (TPSA) is 74.4 Å². The zero-order valence-corrected chi connectivity index (χ0v) is 20.3. The molecule has 0 spiro atoms. The van der Waals surface area contributed by atoms with Crippen LogP contribution in [0.3, 0.4) is 0 Å². The van der Waals surface area contributed by atoms with E-state index in [4.69, 9.17) is 4.74 Å². The third kappa shape index (κ3) is 4.02. The minimum Gasteiger partial charge on any atom is -0.497 e. The molecule has 2 amide bonds. The molecule has 6 heteroatoms. The Morgan fingerprint density at radius 2 is 1.59 bits per heavy atom. The number of rotatable bonds is 6. The molecule has 1 aliphatic heterocycles. The van der Waals surface area contributed by atoms with Gasteiger partial charge in [-0.15, -0.1) is 0 Å². The molecule has 1 atom stereocenters. The number of amides is 2. The van der Waals surface area contributed by atoms with E-state index < -0.39 is 6.04 Å². The van der Waals surface area contributed by atoms with Crippen LogP contribution in [0.4, 0.5) is 5.69 Å². The highest BCUT2D eigenvalue weighted by atomic mass is 16.5. The number of aromatic nitrogens is 1. The number of nitrogens with one attached hydrogen (secondary N) is 2. The van der Waals surface area contributed by atoms with Crippen molar-refractivity contribution in [2.24, 2.45) is 0 Å². The standard InChI is InChI=1S/C31H25N3O3/c1-37-22-17-15-21(16-18-22)32-27(35)19-34-30(23-11-5-6-12-24(23)31(34)36)28-25-13-7-8-14-26(25)33-29(28)20-9-3-2-4-10-20/h2-18,30,33H,19H2,1H3,(H,32,35)/t30-/m0/s1. The lowest BCUT2D eigenvalue weighted by Crippen LogP contribution is -2.36. The van der Waals surface area contributed by atoms with Gasteiger partial charge >= 0.3 is 0 Å². The second kappa shape index (κ2) is 9.32. The number of hydrogen-bond acceptors (Lipinski definition) is 3. The van der Waals surface area contributed by atoms with Crippen molar-refractivity contribution in [3.05, 3.63) is 120 Å². The minimum atomic E-state index is -0.420. The molecule has 2 N–H and O–H groups in total. The lowest BCUT2D eigenvalue weighted by molar-refractivity contribution is -0.117. The average Bonchev–Trinajstić information content (AvgIpc) is 3.45. The number of aromatic amines is 1. The van der Waals surface area contributed by atoms with Gasteiger partial charge in [0, 0.05) is 27.7 Å². The number of anilines is 1. The van der Waals surface area contributed by atoms with Crippen molar-refractivity contribution >= 4 is 28.4 Å². The average molecular weight is 488 g/mol. The second-order valence-electron chi connectivity index (χ2n) is 9.02. The maximum absolute atomic E-state index is 13.7. The first-order valence-electron chi connectivity index (χ1n) is 12.1. The molecule has 0 saturated carbocycles. The molecule has 0 unspecified atom stereocenters. The van der Waals surface area contributed by atoms with Crippen molar-refractivity contribution in [2.75, 3.05) is 19.0 Å². The predicted molar refractivity (Wildman–Crippen MR) is 145 cm³/mol. The monoisotopic (exact) mass is 487 g/mol. The molecule has 1 aromatic heterocycles. The molecule has 0 saturated heterocycles.